The number of amides is 1. The summed E-state index contributed by atoms with van der Waals surface area (Å²) < 4.78 is 6.35. The van der Waals surface area contributed by atoms with Gasteiger partial charge >= 0.3 is 5.97 Å². The van der Waals surface area contributed by atoms with E-state index in [0.717, 1.165) is 3.57 Å². The third kappa shape index (κ3) is 6.31. The maximum absolute atomic E-state index is 12.4. The highest BCUT2D eigenvalue weighted by Gasteiger charge is 2.12. The first kappa shape index (κ1) is 22.8. The van der Waals surface area contributed by atoms with Gasteiger partial charge in [0.2, 0.25) is 0 Å². The summed E-state index contributed by atoms with van der Waals surface area (Å²) in [7, 11) is 0. The molecular weight excluding hydrogens is 550 g/mol. The molecule has 0 aliphatic rings. The number of anilines is 1. The Morgan fingerprint density at radius 3 is 2.26 bits per heavy atom. The van der Waals surface area contributed by atoms with Crippen molar-refractivity contribution < 1.29 is 14.3 Å². The van der Waals surface area contributed by atoms with Gasteiger partial charge in [-0.2, -0.15) is 5.26 Å². The fraction of sp³-hybridized carbons (Fsp3) is 0. The third-order valence-corrected chi connectivity index (χ3v) is 5.48. The van der Waals surface area contributed by atoms with Gasteiger partial charge in [-0.3, -0.25) is 4.79 Å². The second-order valence-corrected chi connectivity index (χ2v) is 8.28. The molecule has 0 heterocycles. The maximum Gasteiger partial charge on any atom is 0.343 e. The van der Waals surface area contributed by atoms with Crippen LogP contribution in [0.25, 0.3) is 6.08 Å². The quantitative estimate of drug-likeness (QED) is 0.129. The van der Waals surface area contributed by atoms with Crippen LogP contribution in [0, 0.1) is 14.9 Å². The van der Waals surface area contributed by atoms with Crippen LogP contribution >= 0.6 is 45.8 Å². The lowest BCUT2D eigenvalue weighted by Gasteiger charge is -2.06. The lowest BCUT2D eigenvalue weighted by atomic mass is 10.1. The number of benzene rings is 3. The fourth-order valence-corrected chi connectivity index (χ4v) is 3.13. The molecule has 0 aliphatic heterocycles. The van der Waals surface area contributed by atoms with Crippen molar-refractivity contribution in [2.45, 2.75) is 0 Å². The van der Waals surface area contributed by atoms with Crippen molar-refractivity contribution in [2.75, 3.05) is 5.32 Å². The molecule has 0 unspecified atom stereocenters. The fourth-order valence-electron chi connectivity index (χ4n) is 2.47. The summed E-state index contributed by atoms with van der Waals surface area (Å²) in [6, 6.07) is 20.0. The van der Waals surface area contributed by atoms with E-state index in [9.17, 15) is 14.9 Å². The van der Waals surface area contributed by atoms with Crippen molar-refractivity contribution in [1.29, 1.82) is 5.26 Å². The molecule has 0 fully saturated rings. The van der Waals surface area contributed by atoms with E-state index in [1.165, 1.54) is 24.3 Å². The van der Waals surface area contributed by atoms with Crippen LogP contribution in [0.2, 0.25) is 10.0 Å². The molecule has 0 radical (unpaired) electrons. The van der Waals surface area contributed by atoms with Gasteiger partial charge in [0.15, 0.2) is 0 Å². The lowest BCUT2D eigenvalue weighted by molar-refractivity contribution is -0.112. The number of carbonyl (C=O) groups is 2. The molecular formula is C23H13Cl2IN2O3. The number of hydrogen-bond donors (Lipinski definition) is 1. The third-order valence-electron chi connectivity index (χ3n) is 4.02. The van der Waals surface area contributed by atoms with E-state index in [1.807, 2.05) is 18.2 Å². The Labute approximate surface area is 202 Å². The number of hydrogen-bond acceptors (Lipinski definition) is 4. The SMILES string of the molecule is N#C/C(=C/c1ccc(OC(=O)c2ccc(Cl)c(Cl)c2)cc1)C(=O)Nc1ccc(I)cc1. The first-order valence-corrected chi connectivity index (χ1v) is 10.6. The predicted molar refractivity (Wildman–Crippen MR) is 129 cm³/mol. The summed E-state index contributed by atoms with van der Waals surface area (Å²) in [6.07, 6.45) is 1.45. The highest BCUT2D eigenvalue weighted by molar-refractivity contribution is 14.1. The number of nitrogens with zero attached hydrogens (tertiary/aromatic N) is 1. The summed E-state index contributed by atoms with van der Waals surface area (Å²) in [4.78, 5) is 24.6. The van der Waals surface area contributed by atoms with Gasteiger partial charge in [0.05, 0.1) is 15.6 Å². The molecule has 154 valence electrons. The number of halogens is 3. The Balaban J connectivity index is 1.69. The summed E-state index contributed by atoms with van der Waals surface area (Å²) in [5, 5.41) is 12.6. The van der Waals surface area contributed by atoms with Crippen molar-refractivity contribution >= 4 is 69.4 Å². The Morgan fingerprint density at radius 2 is 1.65 bits per heavy atom. The van der Waals surface area contributed by atoms with E-state index in [-0.39, 0.29) is 16.2 Å². The van der Waals surface area contributed by atoms with E-state index >= 15 is 0 Å². The van der Waals surface area contributed by atoms with E-state index in [4.69, 9.17) is 27.9 Å². The van der Waals surface area contributed by atoms with Gasteiger partial charge in [-0.25, -0.2) is 4.79 Å². The number of ether oxygens (including phenoxy) is 1. The number of rotatable bonds is 5. The normalized spacial score (nSPS) is 10.8. The van der Waals surface area contributed by atoms with Gasteiger partial charge in [-0.05, 0) is 88.8 Å². The van der Waals surface area contributed by atoms with Crippen molar-refractivity contribution in [2.24, 2.45) is 0 Å². The van der Waals surface area contributed by atoms with Gasteiger partial charge in [0.25, 0.3) is 5.91 Å². The maximum atomic E-state index is 12.4. The molecule has 3 aromatic rings. The molecule has 0 spiro atoms. The summed E-state index contributed by atoms with van der Waals surface area (Å²) >= 11 is 13.9. The second-order valence-electron chi connectivity index (χ2n) is 6.22. The van der Waals surface area contributed by atoms with Gasteiger partial charge < -0.3 is 10.1 Å². The highest BCUT2D eigenvalue weighted by Crippen LogP contribution is 2.24. The minimum atomic E-state index is -0.587. The number of carbonyl (C=O) groups excluding carboxylic acids is 2. The van der Waals surface area contributed by atoms with Crippen LogP contribution in [0.1, 0.15) is 15.9 Å². The average molecular weight is 563 g/mol. The Morgan fingerprint density at radius 1 is 0.968 bits per heavy atom. The standard InChI is InChI=1S/C23H13Cl2IN2O3/c24-20-10-3-15(12-21(20)25)23(30)31-19-8-1-14(2-9-19)11-16(13-27)22(29)28-18-6-4-17(26)5-7-18/h1-12H,(H,28,29)/b16-11-. The monoisotopic (exact) mass is 562 g/mol. The Bertz CT molecular complexity index is 1200. The molecule has 5 nitrogen and oxygen atoms in total. The van der Waals surface area contributed by atoms with E-state index < -0.39 is 11.9 Å². The molecule has 1 N–H and O–H groups in total. The van der Waals surface area contributed by atoms with Crippen LogP contribution in [0.3, 0.4) is 0 Å². The average Bonchev–Trinajstić information content (AvgIpc) is 2.76. The molecule has 0 aromatic heterocycles. The predicted octanol–water partition coefficient (Wildman–Crippen LogP) is 6.36. The molecule has 0 saturated carbocycles. The van der Waals surface area contributed by atoms with Crippen molar-refractivity contribution in [1.82, 2.24) is 0 Å². The lowest BCUT2D eigenvalue weighted by Crippen LogP contribution is -2.13. The summed E-state index contributed by atoms with van der Waals surface area (Å²) in [5.74, 6) is -0.801. The van der Waals surface area contributed by atoms with Gasteiger partial charge in [-0.15, -0.1) is 0 Å². The number of nitrogens with one attached hydrogen (secondary N) is 1. The largest absolute Gasteiger partial charge is 0.423 e. The highest BCUT2D eigenvalue weighted by atomic mass is 127. The zero-order valence-corrected chi connectivity index (χ0v) is 19.4. The van der Waals surface area contributed by atoms with Gasteiger partial charge in [0, 0.05) is 9.26 Å². The summed E-state index contributed by atoms with van der Waals surface area (Å²) in [5.41, 5.74) is 1.40. The summed E-state index contributed by atoms with van der Waals surface area (Å²) in [6.45, 7) is 0. The van der Waals surface area contributed by atoms with Crippen LogP contribution in [0.5, 0.6) is 5.75 Å². The topological polar surface area (TPSA) is 79.2 Å². The smallest absolute Gasteiger partial charge is 0.343 e. The molecule has 8 heteroatoms. The van der Waals surface area contributed by atoms with E-state index in [1.54, 1.807) is 36.4 Å². The van der Waals surface area contributed by atoms with Crippen LogP contribution < -0.4 is 10.1 Å². The molecule has 3 aromatic carbocycles. The molecule has 0 saturated heterocycles. The molecule has 3 rings (SSSR count). The number of esters is 1. The van der Waals surface area contributed by atoms with Crippen molar-refractivity contribution in [3.63, 3.8) is 0 Å². The Kier molecular flexibility index (Phi) is 7.69. The molecule has 0 bridgehead atoms. The van der Waals surface area contributed by atoms with Crippen molar-refractivity contribution in [3.05, 3.63) is 97.0 Å². The minimum absolute atomic E-state index is 0.0564. The zero-order chi connectivity index (χ0) is 22.4. The van der Waals surface area contributed by atoms with Crippen LogP contribution in [-0.2, 0) is 4.79 Å². The first-order chi connectivity index (χ1) is 14.9. The van der Waals surface area contributed by atoms with Crippen LogP contribution in [-0.4, -0.2) is 11.9 Å². The van der Waals surface area contributed by atoms with Crippen molar-refractivity contribution in [3.8, 4) is 11.8 Å². The second kappa shape index (κ2) is 10.4. The molecule has 1 amide bonds. The molecule has 31 heavy (non-hydrogen) atoms. The van der Waals surface area contributed by atoms with Crippen LogP contribution in [0.4, 0.5) is 5.69 Å². The first-order valence-electron chi connectivity index (χ1n) is 8.82. The number of nitriles is 1. The van der Waals surface area contributed by atoms with E-state index in [2.05, 4.69) is 27.9 Å². The minimum Gasteiger partial charge on any atom is -0.423 e. The zero-order valence-electron chi connectivity index (χ0n) is 15.7. The van der Waals surface area contributed by atoms with Crippen LogP contribution in [0.15, 0.2) is 72.3 Å². The molecule has 0 aliphatic carbocycles. The van der Waals surface area contributed by atoms with Gasteiger partial charge in [-0.1, -0.05) is 35.3 Å². The molecule has 0 atom stereocenters. The van der Waals surface area contributed by atoms with E-state index in [0.29, 0.717) is 22.0 Å². The van der Waals surface area contributed by atoms with Gasteiger partial charge in [0.1, 0.15) is 17.4 Å². The Hall–Kier alpha value is -2.86.